The summed E-state index contributed by atoms with van der Waals surface area (Å²) in [7, 11) is 4.74. The lowest BCUT2D eigenvalue weighted by atomic mass is 9.95. The molecule has 0 bridgehead atoms. The maximum absolute atomic E-state index is 12.5. The first-order chi connectivity index (χ1) is 14.8. The van der Waals surface area contributed by atoms with Gasteiger partial charge in [0.05, 0.1) is 32.3 Å². The highest BCUT2D eigenvalue weighted by molar-refractivity contribution is 7.80. The Bertz CT molecular complexity index is 1030. The van der Waals surface area contributed by atoms with Gasteiger partial charge < -0.3 is 25.0 Å². The lowest BCUT2D eigenvalue weighted by Crippen LogP contribution is -2.46. The molecule has 2 N–H and O–H groups in total. The van der Waals surface area contributed by atoms with Crippen LogP contribution in [-0.4, -0.2) is 43.2 Å². The van der Waals surface area contributed by atoms with Crippen LogP contribution in [0.5, 0.6) is 5.75 Å². The van der Waals surface area contributed by atoms with Crippen LogP contribution in [0.25, 0.3) is 0 Å². The average molecular weight is 440 g/mol. The predicted octanol–water partition coefficient (Wildman–Crippen LogP) is 3.18. The number of thiocarbonyl (C=S) groups is 1. The van der Waals surface area contributed by atoms with E-state index in [1.807, 2.05) is 49.4 Å². The van der Waals surface area contributed by atoms with Gasteiger partial charge in [0.25, 0.3) is 0 Å². The lowest BCUT2D eigenvalue weighted by Gasteiger charge is -2.35. The van der Waals surface area contributed by atoms with E-state index < -0.39 is 12.0 Å². The fourth-order valence-corrected chi connectivity index (χ4v) is 3.64. The zero-order chi connectivity index (χ0) is 22.5. The van der Waals surface area contributed by atoms with Crippen LogP contribution in [0.15, 0.2) is 59.8 Å². The monoisotopic (exact) mass is 439 g/mol. The number of allylic oxidation sites excluding steroid dienone is 1. The molecule has 7 nitrogen and oxygen atoms in total. The minimum absolute atomic E-state index is 0.144. The van der Waals surface area contributed by atoms with E-state index in [0.29, 0.717) is 16.4 Å². The Morgan fingerprint density at radius 3 is 2.52 bits per heavy atom. The smallest absolute Gasteiger partial charge is 0.337 e. The molecule has 0 saturated heterocycles. The van der Waals surface area contributed by atoms with Gasteiger partial charge in [-0.3, -0.25) is 4.79 Å². The van der Waals surface area contributed by atoms with E-state index in [1.165, 1.54) is 7.11 Å². The van der Waals surface area contributed by atoms with E-state index in [2.05, 4.69) is 10.6 Å². The summed E-state index contributed by atoms with van der Waals surface area (Å²) >= 11 is 5.40. The molecule has 1 aliphatic rings. The fourth-order valence-electron chi connectivity index (χ4n) is 3.39. The van der Waals surface area contributed by atoms with Crippen molar-refractivity contribution in [3.63, 3.8) is 0 Å². The number of ether oxygens (including phenoxy) is 2. The van der Waals surface area contributed by atoms with E-state index in [-0.39, 0.29) is 12.3 Å². The van der Waals surface area contributed by atoms with Crippen molar-refractivity contribution in [1.82, 2.24) is 10.2 Å². The van der Waals surface area contributed by atoms with E-state index in [0.717, 1.165) is 22.6 Å². The predicted molar refractivity (Wildman–Crippen MR) is 123 cm³/mol. The first-order valence-corrected chi connectivity index (χ1v) is 10.1. The second-order valence-electron chi connectivity index (χ2n) is 7.13. The quantitative estimate of drug-likeness (QED) is 0.529. The van der Waals surface area contributed by atoms with Crippen molar-refractivity contribution in [1.29, 1.82) is 0 Å². The lowest BCUT2D eigenvalue weighted by molar-refractivity contribution is -0.136. The number of nitrogens with zero attached hydrogens (tertiary/aromatic N) is 1. The first kappa shape index (κ1) is 22.3. The van der Waals surface area contributed by atoms with Crippen molar-refractivity contribution in [2.24, 2.45) is 0 Å². The first-order valence-electron chi connectivity index (χ1n) is 9.70. The summed E-state index contributed by atoms with van der Waals surface area (Å²) in [6.45, 7) is 1.83. The number of hydrogen-bond donors (Lipinski definition) is 2. The molecule has 0 saturated carbocycles. The molecular formula is C23H25N3O4S. The molecule has 2 aromatic rings. The molecule has 1 heterocycles. The summed E-state index contributed by atoms with van der Waals surface area (Å²) in [6, 6.07) is 14.2. The number of benzene rings is 2. The molecule has 1 atom stereocenters. The normalized spacial score (nSPS) is 15.9. The minimum Gasteiger partial charge on any atom is -0.497 e. The summed E-state index contributed by atoms with van der Waals surface area (Å²) in [5.41, 5.74) is 3.49. The topological polar surface area (TPSA) is 79.9 Å². The van der Waals surface area contributed by atoms with Crippen molar-refractivity contribution in [3.05, 3.63) is 70.9 Å². The van der Waals surface area contributed by atoms with Gasteiger partial charge in [-0.2, -0.15) is 0 Å². The van der Waals surface area contributed by atoms with Crippen molar-refractivity contribution < 1.29 is 19.1 Å². The van der Waals surface area contributed by atoms with Gasteiger partial charge in [-0.05, 0) is 54.5 Å². The SMILES string of the molecule is COC(=O)C1=C(C)N(C)C(=S)NC1c1cccc(NC(=O)Cc2ccc(OC)cc2)c1. The largest absolute Gasteiger partial charge is 0.497 e. The van der Waals surface area contributed by atoms with Crippen molar-refractivity contribution >= 4 is 34.9 Å². The Morgan fingerprint density at radius 2 is 1.87 bits per heavy atom. The Hall–Kier alpha value is -3.39. The molecule has 31 heavy (non-hydrogen) atoms. The van der Waals surface area contributed by atoms with Gasteiger partial charge in [0.15, 0.2) is 5.11 Å². The third kappa shape index (κ3) is 5.03. The Balaban J connectivity index is 1.80. The van der Waals surface area contributed by atoms with Gasteiger partial charge in [0.1, 0.15) is 5.75 Å². The molecule has 8 heteroatoms. The number of carbonyl (C=O) groups is 2. The highest BCUT2D eigenvalue weighted by Gasteiger charge is 2.33. The Morgan fingerprint density at radius 1 is 1.16 bits per heavy atom. The number of anilines is 1. The second kappa shape index (κ2) is 9.61. The zero-order valence-corrected chi connectivity index (χ0v) is 18.7. The van der Waals surface area contributed by atoms with Crippen LogP contribution in [0.3, 0.4) is 0 Å². The molecule has 0 aliphatic carbocycles. The van der Waals surface area contributed by atoms with E-state index >= 15 is 0 Å². The van der Waals surface area contributed by atoms with Crippen LogP contribution in [0.1, 0.15) is 24.1 Å². The number of carbonyl (C=O) groups excluding carboxylic acids is 2. The molecular weight excluding hydrogens is 414 g/mol. The maximum Gasteiger partial charge on any atom is 0.337 e. The van der Waals surface area contributed by atoms with Gasteiger partial charge in [-0.15, -0.1) is 0 Å². The molecule has 0 fully saturated rings. The van der Waals surface area contributed by atoms with Gasteiger partial charge in [-0.25, -0.2) is 4.79 Å². The Labute approximate surface area is 187 Å². The van der Waals surface area contributed by atoms with Crippen LogP contribution in [0.2, 0.25) is 0 Å². The minimum atomic E-state index is -0.477. The van der Waals surface area contributed by atoms with Crippen LogP contribution in [0.4, 0.5) is 5.69 Å². The van der Waals surface area contributed by atoms with E-state index in [4.69, 9.17) is 21.7 Å². The molecule has 0 spiro atoms. The highest BCUT2D eigenvalue weighted by Crippen LogP contribution is 2.31. The van der Waals surface area contributed by atoms with Gasteiger partial charge >= 0.3 is 5.97 Å². The molecule has 1 amide bonds. The third-order valence-corrected chi connectivity index (χ3v) is 5.58. The van der Waals surface area contributed by atoms with Gasteiger partial charge in [-0.1, -0.05) is 24.3 Å². The standard InChI is InChI=1S/C23H25N3O4S/c1-14-20(22(28)30-4)21(25-23(31)26(14)2)16-6-5-7-17(13-16)24-19(27)12-15-8-10-18(29-3)11-9-15/h5-11,13,21H,12H2,1-4H3,(H,24,27)(H,25,31). The summed E-state index contributed by atoms with van der Waals surface area (Å²) < 4.78 is 10.1. The van der Waals surface area contributed by atoms with Crippen LogP contribution >= 0.6 is 12.2 Å². The molecule has 3 rings (SSSR count). The zero-order valence-electron chi connectivity index (χ0n) is 17.9. The van der Waals surface area contributed by atoms with Crippen molar-refractivity contribution in [3.8, 4) is 5.75 Å². The summed E-state index contributed by atoms with van der Waals surface area (Å²) in [5, 5.41) is 6.60. The molecule has 1 aliphatic heterocycles. The van der Waals surface area contributed by atoms with Gasteiger partial charge in [0.2, 0.25) is 5.91 Å². The fraction of sp³-hybridized carbons (Fsp3) is 0.261. The van der Waals surface area contributed by atoms with Gasteiger partial charge in [0, 0.05) is 18.4 Å². The number of amides is 1. The van der Waals surface area contributed by atoms with E-state index in [1.54, 1.807) is 25.1 Å². The number of nitrogens with one attached hydrogen (secondary N) is 2. The Kier molecular flexibility index (Phi) is 6.91. The summed E-state index contributed by atoms with van der Waals surface area (Å²) in [5.74, 6) is 0.164. The number of methoxy groups -OCH3 is 2. The molecule has 2 aromatic carbocycles. The molecule has 0 radical (unpaired) electrons. The summed E-state index contributed by atoms with van der Waals surface area (Å²) in [6.07, 6.45) is 0.233. The van der Waals surface area contributed by atoms with Crippen molar-refractivity contribution in [2.45, 2.75) is 19.4 Å². The van der Waals surface area contributed by atoms with Crippen LogP contribution in [-0.2, 0) is 20.7 Å². The number of rotatable bonds is 6. The molecule has 1 unspecified atom stereocenters. The van der Waals surface area contributed by atoms with Crippen molar-refractivity contribution in [2.75, 3.05) is 26.6 Å². The molecule has 0 aromatic heterocycles. The number of hydrogen-bond acceptors (Lipinski definition) is 5. The van der Waals surface area contributed by atoms with E-state index in [9.17, 15) is 9.59 Å². The number of esters is 1. The highest BCUT2D eigenvalue weighted by atomic mass is 32.1. The average Bonchev–Trinajstić information content (AvgIpc) is 2.77. The van der Waals surface area contributed by atoms with Crippen LogP contribution in [0, 0.1) is 0 Å². The van der Waals surface area contributed by atoms with Crippen LogP contribution < -0.4 is 15.4 Å². The summed E-state index contributed by atoms with van der Waals surface area (Å²) in [4.78, 5) is 26.7. The second-order valence-corrected chi connectivity index (χ2v) is 7.52. The molecule has 162 valence electrons. The third-order valence-electron chi connectivity index (χ3n) is 5.19. The maximum atomic E-state index is 12.5.